The molecule has 0 heterocycles. The van der Waals surface area contributed by atoms with Gasteiger partial charge in [0.2, 0.25) is 0 Å². The molecule has 0 amide bonds. The van der Waals surface area contributed by atoms with Crippen LogP contribution in [0.4, 0.5) is 5.69 Å². The number of rotatable bonds is 11. The lowest BCUT2D eigenvalue weighted by Gasteiger charge is -2.24. The van der Waals surface area contributed by atoms with Gasteiger partial charge >= 0.3 is 0 Å². The van der Waals surface area contributed by atoms with Gasteiger partial charge < -0.3 is 4.90 Å². The molecule has 0 radical (unpaired) electrons. The summed E-state index contributed by atoms with van der Waals surface area (Å²) in [5.41, 5.74) is 3.65. The Hall–Kier alpha value is -2.11. The fraction of sp³-hybridized carbons (Fsp3) is 0.440. The molecule has 2 aromatic carbocycles. The van der Waals surface area contributed by atoms with Crippen molar-refractivity contribution in [1.29, 1.82) is 0 Å². The minimum Gasteiger partial charge on any atom is -0.372 e. The van der Waals surface area contributed by atoms with Crippen LogP contribution in [0.25, 0.3) is 12.2 Å². The molecular weight excluding hydrogens is 394 g/mol. The molecule has 0 aliphatic rings. The number of hydrogen-bond acceptors (Lipinski definition) is 3. The maximum atomic E-state index is 11.8. The van der Waals surface area contributed by atoms with E-state index in [1.54, 1.807) is 6.07 Å². The van der Waals surface area contributed by atoms with Crippen molar-refractivity contribution in [3.8, 4) is 0 Å². The molecule has 2 aromatic rings. The Morgan fingerprint density at radius 3 is 1.93 bits per heavy atom. The van der Waals surface area contributed by atoms with Crippen LogP contribution < -0.4 is 4.90 Å². The van der Waals surface area contributed by atoms with Crippen LogP contribution in [-0.2, 0) is 10.1 Å². The summed E-state index contributed by atoms with van der Waals surface area (Å²) in [5, 5.41) is 0. The van der Waals surface area contributed by atoms with Crippen molar-refractivity contribution in [2.75, 3.05) is 18.0 Å². The molecule has 0 saturated heterocycles. The Morgan fingerprint density at radius 2 is 1.43 bits per heavy atom. The zero-order valence-electron chi connectivity index (χ0n) is 18.6. The summed E-state index contributed by atoms with van der Waals surface area (Å²) in [6.45, 7) is 10.4. The van der Waals surface area contributed by atoms with E-state index < -0.39 is 10.1 Å². The molecule has 0 aromatic heterocycles. The van der Waals surface area contributed by atoms with E-state index in [2.05, 4.69) is 43.0 Å². The summed E-state index contributed by atoms with van der Waals surface area (Å²) in [4.78, 5) is 2.43. The Balaban J connectivity index is 2.20. The van der Waals surface area contributed by atoms with Crippen LogP contribution in [0.15, 0.2) is 47.4 Å². The number of anilines is 1. The molecule has 0 saturated carbocycles. The van der Waals surface area contributed by atoms with Crippen molar-refractivity contribution in [2.24, 2.45) is 0 Å². The van der Waals surface area contributed by atoms with E-state index in [4.69, 9.17) is 0 Å². The monoisotopic (exact) mass is 429 g/mol. The normalized spacial score (nSPS) is 12.1. The lowest BCUT2D eigenvalue weighted by Crippen LogP contribution is -2.25. The predicted octanol–water partition coefficient (Wildman–Crippen LogP) is 6.63. The van der Waals surface area contributed by atoms with E-state index in [9.17, 15) is 13.0 Å². The van der Waals surface area contributed by atoms with Crippen LogP contribution in [-0.4, -0.2) is 26.1 Å². The fourth-order valence-corrected chi connectivity index (χ4v) is 4.30. The van der Waals surface area contributed by atoms with Crippen LogP contribution in [0.2, 0.25) is 0 Å². The molecule has 5 heteroatoms. The number of nitrogens with zero attached hydrogens (tertiary/aromatic N) is 1. The van der Waals surface area contributed by atoms with E-state index in [0.717, 1.165) is 24.2 Å². The van der Waals surface area contributed by atoms with Gasteiger partial charge in [0.05, 0.1) is 4.90 Å². The summed E-state index contributed by atoms with van der Waals surface area (Å²) in [7, 11) is -4.25. The molecule has 0 unspecified atom stereocenters. The van der Waals surface area contributed by atoms with Crippen molar-refractivity contribution in [1.82, 2.24) is 0 Å². The van der Waals surface area contributed by atoms with Crippen LogP contribution in [0.5, 0.6) is 0 Å². The highest BCUT2D eigenvalue weighted by Gasteiger charge is 2.17. The molecule has 4 nitrogen and oxygen atoms in total. The Labute approximate surface area is 182 Å². The summed E-state index contributed by atoms with van der Waals surface area (Å²) >= 11 is 0. The van der Waals surface area contributed by atoms with E-state index >= 15 is 0 Å². The van der Waals surface area contributed by atoms with Gasteiger partial charge in [-0.1, -0.05) is 77.0 Å². The standard InChI is InChI=1S/C25H35NO3S/c1-5-7-17-26(18-8-6-2)23-14-11-21(12-15-23)9-10-22-13-16-24(20(3)4)25(19-22)30(27,28)29/h9-16,19-20H,5-8,17-18H2,1-4H3,(H,27,28,29)/b10-9+. The molecule has 0 bridgehead atoms. The molecule has 0 spiro atoms. The minimum absolute atomic E-state index is 0.0101. The van der Waals surface area contributed by atoms with Gasteiger partial charge in [-0.3, -0.25) is 4.55 Å². The van der Waals surface area contributed by atoms with E-state index in [0.29, 0.717) is 5.56 Å². The Morgan fingerprint density at radius 1 is 0.900 bits per heavy atom. The first kappa shape index (κ1) is 24.2. The zero-order chi connectivity index (χ0) is 22.1. The van der Waals surface area contributed by atoms with Crippen molar-refractivity contribution in [3.63, 3.8) is 0 Å². The van der Waals surface area contributed by atoms with Crippen molar-refractivity contribution in [3.05, 3.63) is 59.2 Å². The lowest BCUT2D eigenvalue weighted by molar-refractivity contribution is 0.481. The van der Waals surface area contributed by atoms with Crippen LogP contribution >= 0.6 is 0 Å². The average Bonchev–Trinajstić information content (AvgIpc) is 2.72. The van der Waals surface area contributed by atoms with Crippen LogP contribution in [0.3, 0.4) is 0 Å². The van der Waals surface area contributed by atoms with Crippen LogP contribution in [0, 0.1) is 0 Å². The third kappa shape index (κ3) is 6.99. The second-order valence-corrected chi connectivity index (χ2v) is 9.44. The third-order valence-corrected chi connectivity index (χ3v) is 6.14. The van der Waals surface area contributed by atoms with Gasteiger partial charge in [0, 0.05) is 18.8 Å². The average molecular weight is 430 g/mol. The highest BCUT2D eigenvalue weighted by molar-refractivity contribution is 7.85. The Kier molecular flexibility index (Phi) is 9.12. The lowest BCUT2D eigenvalue weighted by atomic mass is 10.0. The zero-order valence-corrected chi connectivity index (χ0v) is 19.5. The quantitative estimate of drug-likeness (QED) is 0.321. The molecule has 0 atom stereocenters. The fourth-order valence-electron chi connectivity index (χ4n) is 3.41. The molecule has 0 fully saturated rings. The third-order valence-electron chi connectivity index (χ3n) is 5.23. The van der Waals surface area contributed by atoms with Gasteiger partial charge in [0.15, 0.2) is 0 Å². The predicted molar refractivity (Wildman–Crippen MR) is 128 cm³/mol. The second kappa shape index (κ2) is 11.3. The summed E-state index contributed by atoms with van der Waals surface area (Å²) < 4.78 is 33.1. The Bertz CT molecular complexity index is 923. The first-order valence-corrected chi connectivity index (χ1v) is 12.3. The number of unbranched alkanes of at least 4 members (excludes halogenated alkanes) is 2. The van der Waals surface area contributed by atoms with Gasteiger partial charge in [0.25, 0.3) is 10.1 Å². The van der Waals surface area contributed by atoms with Gasteiger partial charge in [-0.2, -0.15) is 8.42 Å². The minimum atomic E-state index is -4.25. The molecule has 0 aliphatic carbocycles. The van der Waals surface area contributed by atoms with Crippen LogP contribution in [0.1, 0.15) is 76.0 Å². The summed E-state index contributed by atoms with van der Waals surface area (Å²) in [5.74, 6) is 0.0101. The van der Waals surface area contributed by atoms with Crippen molar-refractivity contribution >= 4 is 28.0 Å². The molecular formula is C25H35NO3S. The van der Waals surface area contributed by atoms with Gasteiger partial charge in [-0.25, -0.2) is 0 Å². The first-order chi connectivity index (χ1) is 14.3. The molecule has 0 aliphatic heterocycles. The first-order valence-electron chi connectivity index (χ1n) is 10.9. The van der Waals surface area contributed by atoms with E-state index in [1.165, 1.54) is 37.4 Å². The molecule has 2 rings (SSSR count). The van der Waals surface area contributed by atoms with E-state index in [1.807, 2.05) is 32.1 Å². The largest absolute Gasteiger partial charge is 0.372 e. The van der Waals surface area contributed by atoms with Gasteiger partial charge in [-0.05, 0) is 53.6 Å². The molecule has 30 heavy (non-hydrogen) atoms. The number of hydrogen-bond donors (Lipinski definition) is 1. The summed E-state index contributed by atoms with van der Waals surface area (Å²) in [6.07, 6.45) is 8.58. The number of benzene rings is 2. The SMILES string of the molecule is CCCCN(CCCC)c1ccc(/C=C/c2ccc(C(C)C)c(S(=O)(=O)O)c2)cc1. The van der Waals surface area contributed by atoms with E-state index in [-0.39, 0.29) is 10.8 Å². The van der Waals surface area contributed by atoms with Gasteiger partial charge in [-0.15, -0.1) is 0 Å². The molecule has 164 valence electrons. The maximum Gasteiger partial charge on any atom is 0.294 e. The smallest absolute Gasteiger partial charge is 0.294 e. The summed E-state index contributed by atoms with van der Waals surface area (Å²) in [6, 6.07) is 13.7. The topological polar surface area (TPSA) is 57.6 Å². The van der Waals surface area contributed by atoms with Gasteiger partial charge in [0.1, 0.15) is 0 Å². The molecule has 1 N–H and O–H groups in total. The highest BCUT2D eigenvalue weighted by atomic mass is 32.2. The van der Waals surface area contributed by atoms with Crippen molar-refractivity contribution in [2.45, 2.75) is 64.2 Å². The maximum absolute atomic E-state index is 11.8. The highest BCUT2D eigenvalue weighted by Crippen LogP contribution is 2.26. The second-order valence-electron chi connectivity index (χ2n) is 8.05. The van der Waals surface area contributed by atoms with Crippen molar-refractivity contribution < 1.29 is 13.0 Å².